The van der Waals surface area contributed by atoms with Crippen molar-refractivity contribution >= 4 is 11.3 Å². The SMILES string of the molecule is OCCN1CCCN(CCc2cccs2)CC1. The second-order valence-electron chi connectivity index (χ2n) is 4.59. The Morgan fingerprint density at radius 2 is 1.88 bits per heavy atom. The number of nitrogens with zero attached hydrogens (tertiary/aromatic N) is 2. The number of aliphatic hydroxyl groups excluding tert-OH is 1. The topological polar surface area (TPSA) is 26.7 Å². The first-order valence-corrected chi connectivity index (χ1v) is 7.34. The molecule has 0 radical (unpaired) electrons. The van der Waals surface area contributed by atoms with E-state index in [1.54, 1.807) is 0 Å². The summed E-state index contributed by atoms with van der Waals surface area (Å²) in [6, 6.07) is 4.35. The Hall–Kier alpha value is -0.420. The highest BCUT2D eigenvalue weighted by Crippen LogP contribution is 2.11. The number of aliphatic hydroxyl groups is 1. The minimum absolute atomic E-state index is 0.287. The van der Waals surface area contributed by atoms with Gasteiger partial charge in [-0.2, -0.15) is 0 Å². The van der Waals surface area contributed by atoms with Crippen molar-refractivity contribution in [2.24, 2.45) is 0 Å². The van der Waals surface area contributed by atoms with E-state index in [2.05, 4.69) is 27.3 Å². The molecule has 3 nitrogen and oxygen atoms in total. The number of hydrogen-bond acceptors (Lipinski definition) is 4. The van der Waals surface area contributed by atoms with Gasteiger partial charge in [-0.3, -0.25) is 4.90 Å². The third-order valence-electron chi connectivity index (χ3n) is 3.35. The Bertz CT molecular complexity index is 302. The van der Waals surface area contributed by atoms with Crippen molar-refractivity contribution in [2.75, 3.05) is 45.9 Å². The molecule has 1 aliphatic heterocycles. The minimum atomic E-state index is 0.287. The van der Waals surface area contributed by atoms with Crippen LogP contribution in [0.3, 0.4) is 0 Å². The van der Waals surface area contributed by atoms with Gasteiger partial charge >= 0.3 is 0 Å². The van der Waals surface area contributed by atoms with E-state index < -0.39 is 0 Å². The summed E-state index contributed by atoms with van der Waals surface area (Å²) in [5, 5.41) is 11.1. The summed E-state index contributed by atoms with van der Waals surface area (Å²) in [6.07, 6.45) is 2.40. The van der Waals surface area contributed by atoms with Crippen molar-refractivity contribution in [1.82, 2.24) is 9.80 Å². The van der Waals surface area contributed by atoms with Crippen LogP contribution >= 0.6 is 11.3 Å². The van der Waals surface area contributed by atoms with Gasteiger partial charge in [0.25, 0.3) is 0 Å². The molecule has 4 heteroatoms. The quantitative estimate of drug-likeness (QED) is 0.858. The van der Waals surface area contributed by atoms with E-state index in [9.17, 15) is 0 Å². The first-order chi connectivity index (χ1) is 8.38. The lowest BCUT2D eigenvalue weighted by molar-refractivity contribution is 0.197. The average Bonchev–Trinajstić information content (AvgIpc) is 2.75. The Balaban J connectivity index is 1.71. The molecule has 96 valence electrons. The van der Waals surface area contributed by atoms with Crippen LogP contribution in [0.4, 0.5) is 0 Å². The first-order valence-electron chi connectivity index (χ1n) is 6.46. The van der Waals surface area contributed by atoms with Crippen LogP contribution in [0.1, 0.15) is 11.3 Å². The maximum absolute atomic E-state index is 8.95. The predicted molar refractivity (Wildman–Crippen MR) is 72.6 cm³/mol. The summed E-state index contributed by atoms with van der Waals surface area (Å²) in [4.78, 5) is 6.41. The van der Waals surface area contributed by atoms with Crippen molar-refractivity contribution in [1.29, 1.82) is 0 Å². The average molecular weight is 254 g/mol. The molecule has 1 aromatic rings. The molecule has 0 spiro atoms. The smallest absolute Gasteiger partial charge is 0.0558 e. The maximum Gasteiger partial charge on any atom is 0.0558 e. The minimum Gasteiger partial charge on any atom is -0.395 e. The van der Waals surface area contributed by atoms with Crippen LogP contribution in [0.25, 0.3) is 0 Å². The molecule has 0 aliphatic carbocycles. The van der Waals surface area contributed by atoms with E-state index in [-0.39, 0.29) is 6.61 Å². The Morgan fingerprint density at radius 1 is 1.12 bits per heavy atom. The zero-order valence-corrected chi connectivity index (χ0v) is 11.2. The molecule has 0 unspecified atom stereocenters. The number of β-amino-alcohol motifs (C(OH)–C–C–N with tert-alkyl or cyclic N) is 1. The van der Waals surface area contributed by atoms with Crippen LogP contribution < -0.4 is 0 Å². The molecule has 0 aromatic carbocycles. The summed E-state index contributed by atoms with van der Waals surface area (Å²) >= 11 is 1.86. The van der Waals surface area contributed by atoms with E-state index in [0.717, 1.165) is 26.2 Å². The van der Waals surface area contributed by atoms with Gasteiger partial charge in [-0.1, -0.05) is 6.07 Å². The molecule has 1 aliphatic rings. The molecule has 0 saturated carbocycles. The van der Waals surface area contributed by atoms with Gasteiger partial charge in [0, 0.05) is 31.1 Å². The van der Waals surface area contributed by atoms with Crippen LogP contribution in [0.2, 0.25) is 0 Å². The van der Waals surface area contributed by atoms with Gasteiger partial charge in [-0.05, 0) is 37.4 Å². The Kier molecular flexibility index (Phi) is 5.45. The highest BCUT2D eigenvalue weighted by Gasteiger charge is 2.13. The van der Waals surface area contributed by atoms with Crippen LogP contribution in [-0.4, -0.2) is 60.8 Å². The standard InChI is InChI=1S/C13H22N2OS/c16-11-10-15-6-2-5-14(8-9-15)7-4-13-3-1-12-17-13/h1,3,12,16H,2,4-11H2. The summed E-state index contributed by atoms with van der Waals surface area (Å²) in [6.45, 7) is 6.88. The van der Waals surface area contributed by atoms with Crippen LogP contribution in [0.15, 0.2) is 17.5 Å². The fourth-order valence-electron chi connectivity index (χ4n) is 2.34. The third-order valence-corrected chi connectivity index (χ3v) is 4.29. The predicted octanol–water partition coefficient (Wildman–Crippen LogP) is 1.29. The molecule has 1 aromatic heterocycles. The molecule has 2 rings (SSSR count). The zero-order valence-electron chi connectivity index (χ0n) is 10.3. The van der Waals surface area contributed by atoms with Gasteiger partial charge in [0.15, 0.2) is 0 Å². The molecular formula is C13H22N2OS. The molecule has 1 fully saturated rings. The van der Waals surface area contributed by atoms with Crippen LogP contribution in [0.5, 0.6) is 0 Å². The van der Waals surface area contributed by atoms with Crippen molar-refractivity contribution in [3.8, 4) is 0 Å². The van der Waals surface area contributed by atoms with Crippen molar-refractivity contribution < 1.29 is 5.11 Å². The lowest BCUT2D eigenvalue weighted by Crippen LogP contribution is -2.33. The van der Waals surface area contributed by atoms with Gasteiger partial charge in [-0.25, -0.2) is 0 Å². The van der Waals surface area contributed by atoms with Crippen molar-refractivity contribution in [3.05, 3.63) is 22.4 Å². The van der Waals surface area contributed by atoms with Gasteiger partial charge in [0.05, 0.1) is 6.61 Å². The van der Waals surface area contributed by atoms with Gasteiger partial charge < -0.3 is 10.0 Å². The highest BCUT2D eigenvalue weighted by molar-refractivity contribution is 7.09. The molecule has 1 N–H and O–H groups in total. The normalized spacial score (nSPS) is 19.4. The number of rotatable bonds is 5. The molecule has 17 heavy (non-hydrogen) atoms. The maximum atomic E-state index is 8.95. The third kappa shape index (κ3) is 4.39. The number of hydrogen-bond donors (Lipinski definition) is 1. The first kappa shape index (κ1) is 13.0. The summed E-state index contributed by atoms with van der Waals surface area (Å²) in [5.74, 6) is 0. The highest BCUT2D eigenvalue weighted by atomic mass is 32.1. The molecule has 1 saturated heterocycles. The van der Waals surface area contributed by atoms with Crippen molar-refractivity contribution in [3.63, 3.8) is 0 Å². The zero-order chi connectivity index (χ0) is 11.9. The lowest BCUT2D eigenvalue weighted by Gasteiger charge is -2.20. The lowest BCUT2D eigenvalue weighted by atomic mass is 10.3. The van der Waals surface area contributed by atoms with E-state index >= 15 is 0 Å². The fourth-order valence-corrected chi connectivity index (χ4v) is 3.03. The Labute approximate surface area is 108 Å². The van der Waals surface area contributed by atoms with Crippen LogP contribution in [0, 0.1) is 0 Å². The number of thiophene rings is 1. The van der Waals surface area contributed by atoms with Crippen molar-refractivity contribution in [2.45, 2.75) is 12.8 Å². The molecule has 0 amide bonds. The van der Waals surface area contributed by atoms with E-state index in [1.165, 1.54) is 30.8 Å². The van der Waals surface area contributed by atoms with Gasteiger partial charge in [0.1, 0.15) is 0 Å². The second kappa shape index (κ2) is 7.11. The van der Waals surface area contributed by atoms with Gasteiger partial charge in [-0.15, -0.1) is 11.3 Å². The van der Waals surface area contributed by atoms with E-state index in [4.69, 9.17) is 5.11 Å². The molecule has 0 atom stereocenters. The molecule has 2 heterocycles. The van der Waals surface area contributed by atoms with E-state index in [1.807, 2.05) is 11.3 Å². The summed E-state index contributed by atoms with van der Waals surface area (Å²) in [7, 11) is 0. The summed E-state index contributed by atoms with van der Waals surface area (Å²) < 4.78 is 0. The fraction of sp³-hybridized carbons (Fsp3) is 0.692. The largest absolute Gasteiger partial charge is 0.395 e. The van der Waals surface area contributed by atoms with Gasteiger partial charge in [0.2, 0.25) is 0 Å². The second-order valence-corrected chi connectivity index (χ2v) is 5.62. The summed E-state index contributed by atoms with van der Waals surface area (Å²) in [5.41, 5.74) is 0. The molecule has 0 bridgehead atoms. The Morgan fingerprint density at radius 3 is 2.53 bits per heavy atom. The van der Waals surface area contributed by atoms with Crippen LogP contribution in [-0.2, 0) is 6.42 Å². The molecular weight excluding hydrogens is 232 g/mol. The monoisotopic (exact) mass is 254 g/mol. The van der Waals surface area contributed by atoms with E-state index in [0.29, 0.717) is 0 Å².